The van der Waals surface area contributed by atoms with Crippen molar-refractivity contribution in [1.82, 2.24) is 19.7 Å². The monoisotopic (exact) mass is 330 g/mol. The van der Waals surface area contributed by atoms with Crippen molar-refractivity contribution in [3.63, 3.8) is 0 Å². The van der Waals surface area contributed by atoms with Gasteiger partial charge in [-0.3, -0.25) is 14.0 Å². The quantitative estimate of drug-likeness (QED) is 0.812. The Kier molecular flexibility index (Phi) is 4.51. The second-order valence-corrected chi connectivity index (χ2v) is 6.46. The van der Waals surface area contributed by atoms with Crippen LogP contribution in [0.15, 0.2) is 12.3 Å². The number of esters is 1. The standard InChI is InChI=1S/C17H22N4O3/c1-10-6-14(10)16(23)18-5-4-15(22)24-9-13-8-21-12(3)7-11(2)19-17(21)20-13/h7-8,10,14H,4-6,9H2,1-3H3,(H,18,23)/t10-,14+/m0/s1. The number of aryl methyl sites for hydroxylation is 2. The van der Waals surface area contributed by atoms with Crippen LogP contribution in [0.5, 0.6) is 0 Å². The third kappa shape index (κ3) is 3.72. The highest BCUT2D eigenvalue weighted by atomic mass is 16.5. The Hall–Kier alpha value is -2.44. The topological polar surface area (TPSA) is 85.6 Å². The third-order valence-corrected chi connectivity index (χ3v) is 4.27. The minimum Gasteiger partial charge on any atom is -0.459 e. The molecule has 2 aromatic heterocycles. The summed E-state index contributed by atoms with van der Waals surface area (Å²) in [6, 6.07) is 1.97. The molecule has 1 N–H and O–H groups in total. The molecule has 0 unspecified atom stereocenters. The zero-order chi connectivity index (χ0) is 17.3. The lowest BCUT2D eigenvalue weighted by molar-refractivity contribution is -0.145. The molecule has 2 aromatic rings. The van der Waals surface area contributed by atoms with Gasteiger partial charge in [0.25, 0.3) is 0 Å². The molecular formula is C17H22N4O3. The molecule has 1 amide bonds. The van der Waals surface area contributed by atoms with Gasteiger partial charge >= 0.3 is 5.97 Å². The summed E-state index contributed by atoms with van der Waals surface area (Å²) in [4.78, 5) is 32.1. The van der Waals surface area contributed by atoms with Crippen LogP contribution in [0.2, 0.25) is 0 Å². The van der Waals surface area contributed by atoms with Gasteiger partial charge in [-0.1, -0.05) is 6.92 Å². The highest BCUT2D eigenvalue weighted by Gasteiger charge is 2.38. The molecule has 2 atom stereocenters. The molecule has 7 nitrogen and oxygen atoms in total. The van der Waals surface area contributed by atoms with Crippen LogP contribution in [0, 0.1) is 25.7 Å². The molecule has 1 saturated carbocycles. The molecule has 128 valence electrons. The molecular weight excluding hydrogens is 308 g/mol. The number of carbonyl (C=O) groups excluding carboxylic acids is 2. The van der Waals surface area contributed by atoms with Crippen molar-refractivity contribution in [3.8, 4) is 0 Å². The van der Waals surface area contributed by atoms with Gasteiger partial charge in [-0.2, -0.15) is 0 Å². The van der Waals surface area contributed by atoms with Gasteiger partial charge in [-0.05, 0) is 32.3 Å². The highest BCUT2D eigenvalue weighted by molar-refractivity contribution is 5.81. The van der Waals surface area contributed by atoms with Crippen molar-refractivity contribution in [2.24, 2.45) is 11.8 Å². The smallest absolute Gasteiger partial charge is 0.307 e. The summed E-state index contributed by atoms with van der Waals surface area (Å²) in [5.41, 5.74) is 2.58. The molecule has 1 fully saturated rings. The van der Waals surface area contributed by atoms with Gasteiger partial charge < -0.3 is 10.1 Å². The molecule has 1 aliphatic carbocycles. The molecule has 0 spiro atoms. The molecule has 0 aromatic carbocycles. The van der Waals surface area contributed by atoms with Gasteiger partial charge in [0.15, 0.2) is 0 Å². The molecule has 0 bridgehead atoms. The lowest BCUT2D eigenvalue weighted by Crippen LogP contribution is -2.28. The van der Waals surface area contributed by atoms with Crippen molar-refractivity contribution in [3.05, 3.63) is 29.3 Å². The second kappa shape index (κ2) is 6.59. The number of imidazole rings is 1. The summed E-state index contributed by atoms with van der Waals surface area (Å²) in [5.74, 6) is 0.875. The van der Waals surface area contributed by atoms with E-state index in [-0.39, 0.29) is 30.8 Å². The Balaban J connectivity index is 1.46. The first-order valence-corrected chi connectivity index (χ1v) is 8.19. The predicted octanol–water partition coefficient (Wildman–Crippen LogP) is 1.55. The normalized spacial score (nSPS) is 19.3. The van der Waals surface area contributed by atoms with Gasteiger partial charge in [0, 0.05) is 30.0 Å². The van der Waals surface area contributed by atoms with Gasteiger partial charge in [0.1, 0.15) is 6.61 Å². The van der Waals surface area contributed by atoms with Crippen LogP contribution >= 0.6 is 0 Å². The second-order valence-electron chi connectivity index (χ2n) is 6.46. The van der Waals surface area contributed by atoms with E-state index in [1.165, 1.54) is 0 Å². The highest BCUT2D eigenvalue weighted by Crippen LogP contribution is 2.37. The zero-order valence-electron chi connectivity index (χ0n) is 14.2. The number of carbonyl (C=O) groups is 2. The molecule has 24 heavy (non-hydrogen) atoms. The Labute approximate surface area is 140 Å². The summed E-state index contributed by atoms with van der Waals surface area (Å²) in [7, 11) is 0. The molecule has 0 aliphatic heterocycles. The maximum Gasteiger partial charge on any atom is 0.307 e. The zero-order valence-corrected chi connectivity index (χ0v) is 14.2. The lowest BCUT2D eigenvalue weighted by Gasteiger charge is -2.05. The van der Waals surface area contributed by atoms with Crippen molar-refractivity contribution in [2.75, 3.05) is 6.54 Å². The van der Waals surface area contributed by atoms with Crippen molar-refractivity contribution >= 4 is 17.7 Å². The summed E-state index contributed by atoms with van der Waals surface area (Å²) in [5, 5.41) is 2.77. The van der Waals surface area contributed by atoms with E-state index in [1.807, 2.05) is 37.4 Å². The molecule has 1 aliphatic rings. The summed E-state index contributed by atoms with van der Waals surface area (Å²) in [6.45, 7) is 6.35. The number of amides is 1. The minimum atomic E-state index is -0.350. The van der Waals surface area contributed by atoms with Crippen molar-refractivity contribution in [2.45, 2.75) is 40.2 Å². The van der Waals surface area contributed by atoms with Crippen LogP contribution < -0.4 is 5.32 Å². The Bertz CT molecular complexity index is 783. The maximum absolute atomic E-state index is 11.8. The Morgan fingerprint density at radius 1 is 1.38 bits per heavy atom. The summed E-state index contributed by atoms with van der Waals surface area (Å²) >= 11 is 0. The average molecular weight is 330 g/mol. The van der Waals surface area contributed by atoms with Crippen LogP contribution in [0.25, 0.3) is 5.78 Å². The largest absolute Gasteiger partial charge is 0.459 e. The fraction of sp³-hybridized carbons (Fsp3) is 0.529. The first kappa shape index (κ1) is 16.4. The SMILES string of the molecule is Cc1cc(C)n2cc(COC(=O)CCNC(=O)[C@@H]3C[C@@H]3C)nc2n1. The van der Waals surface area contributed by atoms with Gasteiger partial charge in [-0.15, -0.1) is 0 Å². The number of aromatic nitrogens is 3. The van der Waals surface area contributed by atoms with Crippen LogP contribution in [0.4, 0.5) is 0 Å². The van der Waals surface area contributed by atoms with Crippen LogP contribution in [-0.2, 0) is 20.9 Å². The van der Waals surface area contributed by atoms with E-state index < -0.39 is 0 Å². The minimum absolute atomic E-state index is 0.0348. The number of hydrogen-bond acceptors (Lipinski definition) is 5. The number of nitrogens with one attached hydrogen (secondary N) is 1. The molecule has 7 heteroatoms. The van der Waals surface area contributed by atoms with E-state index in [1.54, 1.807) is 0 Å². The predicted molar refractivity (Wildman–Crippen MR) is 87.2 cm³/mol. The molecule has 0 radical (unpaired) electrons. The van der Waals surface area contributed by atoms with E-state index in [4.69, 9.17) is 4.74 Å². The maximum atomic E-state index is 11.8. The number of nitrogens with zero attached hydrogens (tertiary/aromatic N) is 3. The number of hydrogen-bond donors (Lipinski definition) is 1. The van der Waals surface area contributed by atoms with E-state index in [9.17, 15) is 9.59 Å². The first-order valence-electron chi connectivity index (χ1n) is 8.19. The first-order chi connectivity index (χ1) is 11.4. The van der Waals surface area contributed by atoms with Crippen molar-refractivity contribution < 1.29 is 14.3 Å². The lowest BCUT2D eigenvalue weighted by atomic mass is 10.3. The van der Waals surface area contributed by atoms with Crippen molar-refractivity contribution in [1.29, 1.82) is 0 Å². The molecule has 3 rings (SSSR count). The van der Waals surface area contributed by atoms with E-state index in [0.717, 1.165) is 17.8 Å². The Morgan fingerprint density at radius 3 is 2.83 bits per heavy atom. The van der Waals surface area contributed by atoms with Gasteiger partial charge in [0.2, 0.25) is 11.7 Å². The van der Waals surface area contributed by atoms with E-state index >= 15 is 0 Å². The summed E-state index contributed by atoms with van der Waals surface area (Å²) < 4.78 is 7.08. The summed E-state index contributed by atoms with van der Waals surface area (Å²) in [6.07, 6.45) is 2.92. The van der Waals surface area contributed by atoms with Gasteiger partial charge in [0.05, 0.1) is 12.1 Å². The molecule has 2 heterocycles. The Morgan fingerprint density at radius 2 is 2.12 bits per heavy atom. The number of fused-ring (bicyclic) bond motifs is 1. The number of ether oxygens (including phenoxy) is 1. The van der Waals surface area contributed by atoms with Crippen LogP contribution in [-0.4, -0.2) is 32.8 Å². The fourth-order valence-electron chi connectivity index (χ4n) is 2.72. The van der Waals surface area contributed by atoms with Crippen LogP contribution in [0.3, 0.4) is 0 Å². The molecule has 0 saturated heterocycles. The van der Waals surface area contributed by atoms with Gasteiger partial charge in [-0.25, -0.2) is 9.97 Å². The van der Waals surface area contributed by atoms with Crippen LogP contribution in [0.1, 0.15) is 36.8 Å². The third-order valence-electron chi connectivity index (χ3n) is 4.27. The van der Waals surface area contributed by atoms with E-state index in [0.29, 0.717) is 23.9 Å². The number of rotatable bonds is 6. The fourth-order valence-corrected chi connectivity index (χ4v) is 2.72. The van der Waals surface area contributed by atoms with E-state index in [2.05, 4.69) is 15.3 Å². The average Bonchev–Trinajstić information content (AvgIpc) is 3.10.